The van der Waals surface area contributed by atoms with Crippen LogP contribution in [0, 0.1) is 17.8 Å². The molecule has 0 amide bonds. The average molecular weight is 1310 g/mol. The first kappa shape index (κ1) is 87.1. The van der Waals surface area contributed by atoms with Crippen LogP contribution < -0.4 is 0 Å². The van der Waals surface area contributed by atoms with Crippen LogP contribution in [0.2, 0.25) is 0 Å². The SMILES string of the molecule is CCCCCCCCCCCCCCCCC(=O)OC[C@H](COP(=O)(O)OC[C@@H](O)COP(=O)(O)OC[C@@H](COC(=O)CCCCCCCCC(C)C)OC(=O)CCCCCCCCCCC(C)C)OC(=O)CCCCCCCCCCCCCCC(C)C. The van der Waals surface area contributed by atoms with Crippen LogP contribution in [0.25, 0.3) is 0 Å². The van der Waals surface area contributed by atoms with Gasteiger partial charge in [0.05, 0.1) is 26.4 Å². The molecule has 0 saturated carbocycles. The van der Waals surface area contributed by atoms with E-state index in [2.05, 4.69) is 48.5 Å². The molecule has 0 radical (unpaired) electrons. The molecule has 0 bridgehead atoms. The van der Waals surface area contributed by atoms with E-state index in [0.717, 1.165) is 108 Å². The van der Waals surface area contributed by atoms with Crippen LogP contribution in [0.3, 0.4) is 0 Å². The van der Waals surface area contributed by atoms with E-state index in [9.17, 15) is 43.2 Å². The van der Waals surface area contributed by atoms with E-state index in [1.54, 1.807) is 0 Å². The maximum Gasteiger partial charge on any atom is 0.472 e. The van der Waals surface area contributed by atoms with Gasteiger partial charge in [0.2, 0.25) is 0 Å². The van der Waals surface area contributed by atoms with Crippen molar-refractivity contribution < 1.29 is 80.2 Å². The van der Waals surface area contributed by atoms with Crippen LogP contribution >= 0.6 is 15.6 Å². The van der Waals surface area contributed by atoms with E-state index in [1.165, 1.54) is 154 Å². The third kappa shape index (κ3) is 64.6. The molecule has 0 spiro atoms. The number of rotatable bonds is 68. The first-order chi connectivity index (χ1) is 42.7. The van der Waals surface area contributed by atoms with Crippen molar-refractivity contribution in [3.05, 3.63) is 0 Å². The number of ether oxygens (including phenoxy) is 4. The Balaban J connectivity index is 5.24. The Bertz CT molecular complexity index is 1750. The second-order valence-corrected chi connectivity index (χ2v) is 29.6. The van der Waals surface area contributed by atoms with E-state index in [0.29, 0.717) is 31.6 Å². The number of phosphoric acid groups is 2. The maximum absolute atomic E-state index is 13.0. The van der Waals surface area contributed by atoms with Crippen molar-refractivity contribution in [1.29, 1.82) is 0 Å². The van der Waals surface area contributed by atoms with Gasteiger partial charge in [0.15, 0.2) is 12.2 Å². The van der Waals surface area contributed by atoms with Crippen molar-refractivity contribution in [2.24, 2.45) is 17.8 Å². The minimum absolute atomic E-state index is 0.103. The third-order valence-electron chi connectivity index (χ3n) is 16.1. The van der Waals surface area contributed by atoms with E-state index in [-0.39, 0.29) is 25.7 Å². The van der Waals surface area contributed by atoms with Gasteiger partial charge in [0, 0.05) is 25.7 Å². The van der Waals surface area contributed by atoms with Crippen LogP contribution in [0.1, 0.15) is 350 Å². The van der Waals surface area contributed by atoms with Crippen molar-refractivity contribution in [2.75, 3.05) is 39.6 Å². The lowest BCUT2D eigenvalue weighted by atomic mass is 10.0. The average Bonchev–Trinajstić information content (AvgIpc) is 3.53. The molecule has 5 atom stereocenters. The Morgan fingerprint density at radius 3 is 0.764 bits per heavy atom. The zero-order valence-corrected chi connectivity index (χ0v) is 59.7. The van der Waals surface area contributed by atoms with Crippen molar-refractivity contribution in [3.8, 4) is 0 Å². The lowest BCUT2D eigenvalue weighted by Crippen LogP contribution is -2.30. The number of hydrogen-bond acceptors (Lipinski definition) is 15. The summed E-state index contributed by atoms with van der Waals surface area (Å²) in [5.74, 6) is 0.0457. The van der Waals surface area contributed by atoms with E-state index in [4.69, 9.17) is 37.0 Å². The highest BCUT2D eigenvalue weighted by atomic mass is 31.2. The van der Waals surface area contributed by atoms with E-state index < -0.39 is 97.5 Å². The number of hydrogen-bond donors (Lipinski definition) is 3. The quantitative estimate of drug-likeness (QED) is 0.0222. The highest BCUT2D eigenvalue weighted by molar-refractivity contribution is 7.47. The smallest absolute Gasteiger partial charge is 0.462 e. The van der Waals surface area contributed by atoms with E-state index >= 15 is 0 Å². The van der Waals surface area contributed by atoms with Gasteiger partial charge < -0.3 is 33.8 Å². The van der Waals surface area contributed by atoms with E-state index in [1.807, 2.05) is 0 Å². The van der Waals surface area contributed by atoms with Crippen molar-refractivity contribution in [2.45, 2.75) is 369 Å². The Labute approximate surface area is 543 Å². The molecule has 3 N–H and O–H groups in total. The summed E-state index contributed by atoms with van der Waals surface area (Å²) in [4.78, 5) is 72.5. The molecule has 0 fully saturated rings. The molecule has 17 nitrogen and oxygen atoms in total. The molecule has 89 heavy (non-hydrogen) atoms. The number of aliphatic hydroxyl groups excluding tert-OH is 1. The fourth-order valence-corrected chi connectivity index (χ4v) is 12.1. The second-order valence-electron chi connectivity index (χ2n) is 26.7. The van der Waals surface area contributed by atoms with Gasteiger partial charge in [-0.05, 0) is 43.4 Å². The van der Waals surface area contributed by atoms with Crippen molar-refractivity contribution >= 4 is 39.5 Å². The fourth-order valence-electron chi connectivity index (χ4n) is 10.5. The lowest BCUT2D eigenvalue weighted by molar-refractivity contribution is -0.161. The predicted octanol–water partition coefficient (Wildman–Crippen LogP) is 19.8. The first-order valence-corrected chi connectivity index (χ1v) is 39.3. The third-order valence-corrected chi connectivity index (χ3v) is 18.0. The molecule has 0 saturated heterocycles. The Morgan fingerprint density at radius 2 is 0.517 bits per heavy atom. The van der Waals surface area contributed by atoms with Gasteiger partial charge in [0.25, 0.3) is 0 Å². The molecular weight excluding hydrogens is 1170 g/mol. The molecular formula is C70H136O17P2. The fraction of sp³-hybridized carbons (Fsp3) is 0.943. The number of phosphoric ester groups is 2. The largest absolute Gasteiger partial charge is 0.472 e. The highest BCUT2D eigenvalue weighted by Gasteiger charge is 2.30. The number of carbonyl (C=O) groups excluding carboxylic acids is 4. The summed E-state index contributed by atoms with van der Waals surface area (Å²) in [6, 6.07) is 0. The van der Waals surface area contributed by atoms with Gasteiger partial charge in [0.1, 0.15) is 19.3 Å². The van der Waals surface area contributed by atoms with Crippen LogP contribution in [0.5, 0.6) is 0 Å². The molecule has 0 aliphatic rings. The Kier molecular flexibility index (Phi) is 59.6. The van der Waals surface area contributed by atoms with Crippen LogP contribution in [-0.2, 0) is 65.4 Å². The summed E-state index contributed by atoms with van der Waals surface area (Å²) in [6.07, 6.45) is 44.6. The molecule has 0 aliphatic heterocycles. The van der Waals surface area contributed by atoms with Gasteiger partial charge in [-0.1, -0.05) is 299 Å². The molecule has 19 heteroatoms. The monoisotopic (exact) mass is 1310 g/mol. The summed E-state index contributed by atoms with van der Waals surface area (Å²) in [5, 5.41) is 10.6. The number of esters is 4. The van der Waals surface area contributed by atoms with Crippen molar-refractivity contribution in [3.63, 3.8) is 0 Å². The molecule has 2 unspecified atom stereocenters. The maximum atomic E-state index is 13.0. The molecule has 0 aromatic carbocycles. The number of carbonyl (C=O) groups is 4. The van der Waals surface area contributed by atoms with Gasteiger partial charge in [-0.3, -0.25) is 37.3 Å². The summed E-state index contributed by atoms with van der Waals surface area (Å²) in [7, 11) is -9.90. The summed E-state index contributed by atoms with van der Waals surface area (Å²) in [5.41, 5.74) is 0. The topological polar surface area (TPSA) is 237 Å². The Hall–Kier alpha value is -1.94. The van der Waals surface area contributed by atoms with Crippen molar-refractivity contribution in [1.82, 2.24) is 0 Å². The summed E-state index contributed by atoms with van der Waals surface area (Å²) in [6.45, 7) is 11.7. The zero-order valence-electron chi connectivity index (χ0n) is 57.9. The Morgan fingerprint density at radius 1 is 0.303 bits per heavy atom. The normalized spacial score (nSPS) is 14.2. The molecule has 0 heterocycles. The van der Waals surface area contributed by atoms with Crippen LogP contribution in [0.15, 0.2) is 0 Å². The second kappa shape index (κ2) is 61.0. The van der Waals surface area contributed by atoms with Gasteiger partial charge in [-0.15, -0.1) is 0 Å². The first-order valence-electron chi connectivity index (χ1n) is 36.3. The standard InChI is InChI=1S/C70H136O17P2/c1-8-9-10-11-12-13-14-15-16-20-23-29-37-44-51-67(72)80-57-65(86-69(74)53-46-39-30-24-21-18-17-19-22-27-34-41-48-61(2)3)59-84-88(76,77)82-55-64(71)56-83-89(78,79)85-60-66(58-81-68(73)52-45-38-33-32-36-43-50-63(6)7)87-70(75)54-47-40-31-26-25-28-35-42-49-62(4)5/h61-66,71H,8-60H2,1-7H3,(H,76,77)(H,78,79)/t64-,65-,66-/m1/s1. The molecule has 0 aromatic rings. The molecule has 528 valence electrons. The number of aliphatic hydroxyl groups is 1. The molecule has 0 rings (SSSR count). The molecule has 0 aromatic heterocycles. The minimum atomic E-state index is -4.95. The molecule has 0 aliphatic carbocycles. The number of unbranched alkanes of at least 4 members (excludes halogenated alkanes) is 36. The lowest BCUT2D eigenvalue weighted by Gasteiger charge is -2.21. The predicted molar refractivity (Wildman–Crippen MR) is 358 cm³/mol. The summed E-state index contributed by atoms with van der Waals surface area (Å²) >= 11 is 0. The van der Waals surface area contributed by atoms with Gasteiger partial charge in [-0.25, -0.2) is 9.13 Å². The zero-order chi connectivity index (χ0) is 65.9. The summed E-state index contributed by atoms with van der Waals surface area (Å²) < 4.78 is 68.2. The van der Waals surface area contributed by atoms with Crippen LogP contribution in [0.4, 0.5) is 0 Å². The highest BCUT2D eigenvalue weighted by Crippen LogP contribution is 2.45. The van der Waals surface area contributed by atoms with Gasteiger partial charge >= 0.3 is 39.5 Å². The van der Waals surface area contributed by atoms with Crippen LogP contribution in [-0.4, -0.2) is 96.7 Å². The van der Waals surface area contributed by atoms with Gasteiger partial charge in [-0.2, -0.15) is 0 Å². The minimum Gasteiger partial charge on any atom is -0.462 e.